The van der Waals surface area contributed by atoms with Crippen molar-refractivity contribution in [3.63, 3.8) is 0 Å². The van der Waals surface area contributed by atoms with E-state index in [0.29, 0.717) is 0 Å². The smallest absolute Gasteiger partial charge is 0.0379 e. The van der Waals surface area contributed by atoms with Crippen LogP contribution in [0.25, 0.3) is 0 Å². The molecule has 0 aromatic heterocycles. The molecule has 0 amide bonds. The molecule has 1 heteroatoms. The molecule has 0 aliphatic carbocycles. The molecule has 1 aromatic rings. The van der Waals surface area contributed by atoms with Gasteiger partial charge in [0, 0.05) is 11.2 Å². The standard InChI is InChI=1S/C13H19N/c1-4-10-9-13(2,3)14-12-8-6-5-7-11(10)12/h5-8,10,14H,4,9H2,1-3H3/t10-/m0/s1. The van der Waals surface area contributed by atoms with E-state index in [4.69, 9.17) is 0 Å². The fourth-order valence-electron chi connectivity index (χ4n) is 2.47. The zero-order valence-electron chi connectivity index (χ0n) is 9.30. The summed E-state index contributed by atoms with van der Waals surface area (Å²) in [4.78, 5) is 0. The van der Waals surface area contributed by atoms with Crippen molar-refractivity contribution in [2.24, 2.45) is 0 Å². The van der Waals surface area contributed by atoms with Gasteiger partial charge >= 0.3 is 0 Å². The van der Waals surface area contributed by atoms with Gasteiger partial charge in [-0.1, -0.05) is 25.1 Å². The van der Waals surface area contributed by atoms with E-state index in [1.165, 1.54) is 24.1 Å². The fraction of sp³-hybridized carbons (Fsp3) is 0.538. The lowest BCUT2D eigenvalue weighted by molar-refractivity contribution is 0.429. The Morgan fingerprint density at radius 1 is 1.36 bits per heavy atom. The Morgan fingerprint density at radius 2 is 2.07 bits per heavy atom. The number of fused-ring (bicyclic) bond motifs is 1. The van der Waals surface area contributed by atoms with Crippen molar-refractivity contribution in [2.45, 2.75) is 45.1 Å². The summed E-state index contributed by atoms with van der Waals surface area (Å²) in [6, 6.07) is 8.70. The summed E-state index contributed by atoms with van der Waals surface area (Å²) in [5, 5.41) is 3.60. The molecule has 0 radical (unpaired) electrons. The maximum Gasteiger partial charge on any atom is 0.0379 e. The largest absolute Gasteiger partial charge is 0.380 e. The van der Waals surface area contributed by atoms with Crippen molar-refractivity contribution in [3.8, 4) is 0 Å². The monoisotopic (exact) mass is 189 g/mol. The van der Waals surface area contributed by atoms with Gasteiger partial charge in [-0.3, -0.25) is 0 Å². The number of hydrogen-bond donors (Lipinski definition) is 1. The molecular weight excluding hydrogens is 170 g/mol. The summed E-state index contributed by atoms with van der Waals surface area (Å²) in [5.74, 6) is 0.724. The highest BCUT2D eigenvalue weighted by Gasteiger charge is 2.29. The Labute approximate surface area is 86.5 Å². The van der Waals surface area contributed by atoms with Crippen molar-refractivity contribution in [2.75, 3.05) is 5.32 Å². The Hall–Kier alpha value is -0.980. The van der Waals surface area contributed by atoms with Crippen LogP contribution >= 0.6 is 0 Å². The van der Waals surface area contributed by atoms with Gasteiger partial charge in [-0.05, 0) is 44.2 Å². The second kappa shape index (κ2) is 3.30. The van der Waals surface area contributed by atoms with E-state index in [9.17, 15) is 0 Å². The van der Waals surface area contributed by atoms with Crippen LogP contribution in [0.5, 0.6) is 0 Å². The average Bonchev–Trinajstić information content (AvgIpc) is 2.15. The SMILES string of the molecule is CC[C@H]1CC(C)(C)Nc2ccccc21. The van der Waals surface area contributed by atoms with E-state index in [0.717, 1.165) is 5.92 Å². The van der Waals surface area contributed by atoms with Gasteiger partial charge in [-0.25, -0.2) is 0 Å². The first-order valence-corrected chi connectivity index (χ1v) is 5.49. The van der Waals surface area contributed by atoms with E-state index in [1.54, 1.807) is 0 Å². The first-order valence-electron chi connectivity index (χ1n) is 5.49. The highest BCUT2D eigenvalue weighted by molar-refractivity contribution is 5.56. The van der Waals surface area contributed by atoms with Gasteiger partial charge in [0.05, 0.1) is 0 Å². The predicted molar refractivity (Wildman–Crippen MR) is 61.8 cm³/mol. The zero-order valence-corrected chi connectivity index (χ0v) is 9.30. The van der Waals surface area contributed by atoms with Crippen molar-refractivity contribution in [1.82, 2.24) is 0 Å². The van der Waals surface area contributed by atoms with Crippen molar-refractivity contribution < 1.29 is 0 Å². The highest BCUT2D eigenvalue weighted by atomic mass is 15.0. The van der Waals surface area contributed by atoms with Gasteiger partial charge in [0.25, 0.3) is 0 Å². The molecule has 1 N–H and O–H groups in total. The molecule has 0 saturated carbocycles. The van der Waals surface area contributed by atoms with Gasteiger partial charge in [0.15, 0.2) is 0 Å². The van der Waals surface area contributed by atoms with E-state index in [1.807, 2.05) is 0 Å². The summed E-state index contributed by atoms with van der Waals surface area (Å²) in [6.45, 7) is 6.85. The first-order chi connectivity index (χ1) is 6.62. The topological polar surface area (TPSA) is 12.0 Å². The highest BCUT2D eigenvalue weighted by Crippen LogP contribution is 2.39. The predicted octanol–water partition coefficient (Wildman–Crippen LogP) is 3.77. The number of rotatable bonds is 1. The summed E-state index contributed by atoms with van der Waals surface area (Å²) in [7, 11) is 0. The quantitative estimate of drug-likeness (QED) is 0.709. The lowest BCUT2D eigenvalue weighted by atomic mass is 9.80. The Morgan fingerprint density at radius 3 is 2.79 bits per heavy atom. The fourth-order valence-corrected chi connectivity index (χ4v) is 2.47. The molecule has 1 aliphatic rings. The van der Waals surface area contributed by atoms with Crippen LogP contribution in [0, 0.1) is 0 Å². The third-order valence-electron chi connectivity index (χ3n) is 3.12. The zero-order chi connectivity index (χ0) is 10.2. The Balaban J connectivity index is 2.41. The molecule has 0 unspecified atom stereocenters. The number of nitrogens with one attached hydrogen (secondary N) is 1. The van der Waals surface area contributed by atoms with Gasteiger partial charge in [-0.15, -0.1) is 0 Å². The van der Waals surface area contributed by atoms with Crippen molar-refractivity contribution in [1.29, 1.82) is 0 Å². The molecule has 0 bridgehead atoms. The van der Waals surface area contributed by atoms with Crippen LogP contribution < -0.4 is 5.32 Å². The molecule has 14 heavy (non-hydrogen) atoms. The van der Waals surface area contributed by atoms with Crippen LogP contribution in [0.4, 0.5) is 5.69 Å². The third kappa shape index (κ3) is 1.63. The number of para-hydroxylation sites is 1. The summed E-state index contributed by atoms with van der Waals surface area (Å²) in [5.41, 5.74) is 3.07. The average molecular weight is 189 g/mol. The molecule has 0 saturated heterocycles. The van der Waals surface area contributed by atoms with Crippen LogP contribution in [0.1, 0.15) is 45.1 Å². The Kier molecular flexibility index (Phi) is 2.26. The third-order valence-corrected chi connectivity index (χ3v) is 3.12. The maximum atomic E-state index is 3.60. The molecule has 0 spiro atoms. The molecule has 76 valence electrons. The number of benzene rings is 1. The molecule has 2 rings (SSSR count). The lowest BCUT2D eigenvalue weighted by Crippen LogP contribution is -2.37. The minimum atomic E-state index is 0.245. The van der Waals surface area contributed by atoms with Crippen molar-refractivity contribution >= 4 is 5.69 Å². The van der Waals surface area contributed by atoms with Gasteiger partial charge in [0.2, 0.25) is 0 Å². The normalized spacial score (nSPS) is 23.8. The lowest BCUT2D eigenvalue weighted by Gasteiger charge is -2.38. The van der Waals surface area contributed by atoms with Crippen LogP contribution in [-0.4, -0.2) is 5.54 Å². The molecule has 1 heterocycles. The van der Waals surface area contributed by atoms with Crippen LogP contribution in [-0.2, 0) is 0 Å². The van der Waals surface area contributed by atoms with E-state index >= 15 is 0 Å². The van der Waals surface area contributed by atoms with Crippen LogP contribution in [0.2, 0.25) is 0 Å². The van der Waals surface area contributed by atoms with E-state index in [-0.39, 0.29) is 5.54 Å². The Bertz CT molecular complexity index is 328. The molecule has 1 aliphatic heterocycles. The first kappa shape index (κ1) is 9.57. The number of anilines is 1. The maximum absolute atomic E-state index is 3.60. The number of hydrogen-bond acceptors (Lipinski definition) is 1. The molecule has 1 aromatic carbocycles. The summed E-state index contributed by atoms with van der Waals surface area (Å²) in [6.07, 6.45) is 2.47. The summed E-state index contributed by atoms with van der Waals surface area (Å²) < 4.78 is 0. The molecule has 1 nitrogen and oxygen atoms in total. The molecule has 0 fully saturated rings. The van der Waals surface area contributed by atoms with Crippen molar-refractivity contribution in [3.05, 3.63) is 29.8 Å². The summed E-state index contributed by atoms with van der Waals surface area (Å²) >= 11 is 0. The van der Waals surface area contributed by atoms with E-state index in [2.05, 4.69) is 50.4 Å². The minimum Gasteiger partial charge on any atom is -0.380 e. The van der Waals surface area contributed by atoms with Crippen LogP contribution in [0.3, 0.4) is 0 Å². The van der Waals surface area contributed by atoms with Gasteiger partial charge in [0.1, 0.15) is 0 Å². The minimum absolute atomic E-state index is 0.245. The molecular formula is C13H19N. The van der Waals surface area contributed by atoms with E-state index < -0.39 is 0 Å². The van der Waals surface area contributed by atoms with Gasteiger partial charge in [-0.2, -0.15) is 0 Å². The second-order valence-electron chi connectivity index (χ2n) is 4.91. The second-order valence-corrected chi connectivity index (χ2v) is 4.91. The van der Waals surface area contributed by atoms with Gasteiger partial charge < -0.3 is 5.32 Å². The van der Waals surface area contributed by atoms with Crippen LogP contribution in [0.15, 0.2) is 24.3 Å². The molecule has 1 atom stereocenters.